The molecule has 0 bridgehead atoms. The molecule has 0 aliphatic heterocycles. The third-order valence-corrected chi connectivity index (χ3v) is 1.94. The fraction of sp³-hybridized carbons (Fsp3) is 0.889. The smallest absolute Gasteiger partial charge is 0.310 e. The van der Waals surface area contributed by atoms with Gasteiger partial charge in [-0.15, -0.1) is 0 Å². The lowest BCUT2D eigenvalue weighted by Gasteiger charge is -2.27. The topological polar surface area (TPSA) is 38.3 Å². The van der Waals surface area contributed by atoms with Crippen molar-refractivity contribution in [1.82, 2.24) is 5.32 Å². The molecule has 0 radical (unpaired) electrons. The van der Waals surface area contributed by atoms with E-state index in [2.05, 4.69) is 5.32 Å². The molecule has 3 nitrogen and oxygen atoms in total. The van der Waals surface area contributed by atoms with Gasteiger partial charge in [-0.2, -0.15) is 0 Å². The molecule has 0 spiro atoms. The van der Waals surface area contributed by atoms with Gasteiger partial charge in [0.05, 0.1) is 13.0 Å². The zero-order chi connectivity index (χ0) is 9.78. The summed E-state index contributed by atoms with van der Waals surface area (Å²) in [6, 6.07) is 0. The molecule has 1 unspecified atom stereocenters. The Bertz CT molecular complexity index is 149. The maximum absolute atomic E-state index is 11.3. The monoisotopic (exact) mass is 173 g/mol. The van der Waals surface area contributed by atoms with Crippen LogP contribution in [0.2, 0.25) is 0 Å². The highest BCUT2D eigenvalue weighted by Gasteiger charge is 2.31. The van der Waals surface area contributed by atoms with Crippen molar-refractivity contribution in [3.63, 3.8) is 0 Å². The second-order valence-corrected chi connectivity index (χ2v) is 4.00. The Balaban J connectivity index is 4.33. The van der Waals surface area contributed by atoms with Gasteiger partial charge in [-0.1, -0.05) is 20.8 Å². The van der Waals surface area contributed by atoms with Gasteiger partial charge in [-0.3, -0.25) is 4.79 Å². The summed E-state index contributed by atoms with van der Waals surface area (Å²) < 4.78 is 4.71. The predicted octanol–water partition coefficient (Wildman–Crippen LogP) is 1.04. The van der Waals surface area contributed by atoms with Crippen LogP contribution in [-0.4, -0.2) is 26.7 Å². The van der Waals surface area contributed by atoms with Crippen molar-refractivity contribution in [3.8, 4) is 0 Å². The standard InChI is InChI=1S/C9H19NO2/c1-9(2,3)7(6-10-4)8(11)12-5/h7,10H,6H2,1-5H3. The Morgan fingerprint density at radius 1 is 1.50 bits per heavy atom. The van der Waals surface area contributed by atoms with Crippen molar-refractivity contribution in [2.45, 2.75) is 20.8 Å². The van der Waals surface area contributed by atoms with Gasteiger partial charge in [0.25, 0.3) is 0 Å². The Hall–Kier alpha value is -0.570. The van der Waals surface area contributed by atoms with E-state index in [1.54, 1.807) is 0 Å². The highest BCUT2D eigenvalue weighted by atomic mass is 16.5. The fourth-order valence-corrected chi connectivity index (χ4v) is 1.09. The van der Waals surface area contributed by atoms with E-state index >= 15 is 0 Å². The summed E-state index contributed by atoms with van der Waals surface area (Å²) in [5, 5.41) is 2.99. The van der Waals surface area contributed by atoms with Crippen LogP contribution in [-0.2, 0) is 9.53 Å². The van der Waals surface area contributed by atoms with E-state index in [4.69, 9.17) is 4.74 Å². The van der Waals surface area contributed by atoms with Crippen molar-refractivity contribution in [3.05, 3.63) is 0 Å². The minimum absolute atomic E-state index is 0.0455. The van der Waals surface area contributed by atoms with Gasteiger partial charge in [-0.25, -0.2) is 0 Å². The van der Waals surface area contributed by atoms with E-state index in [9.17, 15) is 4.79 Å². The number of hydrogen-bond acceptors (Lipinski definition) is 3. The van der Waals surface area contributed by atoms with Crippen molar-refractivity contribution in [2.24, 2.45) is 11.3 Å². The van der Waals surface area contributed by atoms with Crippen molar-refractivity contribution in [1.29, 1.82) is 0 Å². The summed E-state index contributed by atoms with van der Waals surface area (Å²) in [6.07, 6.45) is 0. The van der Waals surface area contributed by atoms with Crippen LogP contribution in [0.15, 0.2) is 0 Å². The number of hydrogen-bond donors (Lipinski definition) is 1. The number of carbonyl (C=O) groups excluding carboxylic acids is 1. The van der Waals surface area contributed by atoms with Crippen LogP contribution in [0.25, 0.3) is 0 Å². The molecule has 0 heterocycles. The lowest BCUT2D eigenvalue weighted by molar-refractivity contribution is -0.148. The van der Waals surface area contributed by atoms with Gasteiger partial charge >= 0.3 is 5.97 Å². The first-order valence-electron chi connectivity index (χ1n) is 4.16. The average molecular weight is 173 g/mol. The fourth-order valence-electron chi connectivity index (χ4n) is 1.09. The van der Waals surface area contributed by atoms with E-state index in [-0.39, 0.29) is 17.3 Å². The van der Waals surface area contributed by atoms with E-state index in [0.29, 0.717) is 6.54 Å². The SMILES string of the molecule is CNCC(C(=O)OC)C(C)(C)C. The largest absolute Gasteiger partial charge is 0.469 e. The Kier molecular flexibility index (Phi) is 4.24. The number of nitrogens with one attached hydrogen (secondary N) is 1. The quantitative estimate of drug-likeness (QED) is 0.648. The second kappa shape index (κ2) is 4.45. The summed E-state index contributed by atoms with van der Waals surface area (Å²) in [5.74, 6) is -0.218. The summed E-state index contributed by atoms with van der Waals surface area (Å²) in [6.45, 7) is 6.76. The molecule has 0 aliphatic rings. The minimum Gasteiger partial charge on any atom is -0.469 e. The van der Waals surface area contributed by atoms with Crippen LogP contribution in [0, 0.1) is 11.3 Å². The molecule has 3 heteroatoms. The molecule has 0 aliphatic carbocycles. The summed E-state index contributed by atoms with van der Waals surface area (Å²) >= 11 is 0. The lowest BCUT2D eigenvalue weighted by Crippen LogP contribution is -2.37. The van der Waals surface area contributed by atoms with Gasteiger partial charge in [0, 0.05) is 6.54 Å². The van der Waals surface area contributed by atoms with Crippen molar-refractivity contribution < 1.29 is 9.53 Å². The molecule has 0 amide bonds. The van der Waals surface area contributed by atoms with Crippen LogP contribution in [0.4, 0.5) is 0 Å². The van der Waals surface area contributed by atoms with Crippen LogP contribution < -0.4 is 5.32 Å². The predicted molar refractivity (Wildman–Crippen MR) is 48.9 cm³/mol. The van der Waals surface area contributed by atoms with Gasteiger partial charge in [-0.05, 0) is 12.5 Å². The number of esters is 1. The van der Waals surface area contributed by atoms with E-state index in [1.807, 2.05) is 27.8 Å². The zero-order valence-corrected chi connectivity index (χ0v) is 8.60. The lowest BCUT2D eigenvalue weighted by atomic mass is 9.81. The average Bonchev–Trinajstić information content (AvgIpc) is 1.96. The molecule has 1 atom stereocenters. The summed E-state index contributed by atoms with van der Waals surface area (Å²) in [7, 11) is 3.26. The number of rotatable bonds is 3. The molecule has 0 aromatic carbocycles. The first kappa shape index (κ1) is 11.4. The van der Waals surface area contributed by atoms with Crippen LogP contribution in [0.1, 0.15) is 20.8 Å². The van der Waals surface area contributed by atoms with Crippen LogP contribution in [0.5, 0.6) is 0 Å². The van der Waals surface area contributed by atoms with Gasteiger partial charge < -0.3 is 10.1 Å². The van der Waals surface area contributed by atoms with E-state index in [1.165, 1.54) is 7.11 Å². The molecular formula is C9H19NO2. The van der Waals surface area contributed by atoms with Crippen molar-refractivity contribution in [2.75, 3.05) is 20.7 Å². The molecule has 12 heavy (non-hydrogen) atoms. The normalized spacial score (nSPS) is 14.1. The summed E-state index contributed by atoms with van der Waals surface area (Å²) in [5.41, 5.74) is -0.0455. The maximum Gasteiger partial charge on any atom is 0.310 e. The van der Waals surface area contributed by atoms with Crippen LogP contribution >= 0.6 is 0 Å². The maximum atomic E-state index is 11.3. The Morgan fingerprint density at radius 3 is 2.25 bits per heavy atom. The van der Waals surface area contributed by atoms with E-state index < -0.39 is 0 Å². The number of carbonyl (C=O) groups is 1. The molecule has 0 aromatic rings. The van der Waals surface area contributed by atoms with Gasteiger partial charge in [0.2, 0.25) is 0 Å². The molecular weight excluding hydrogens is 154 g/mol. The Morgan fingerprint density at radius 2 is 2.00 bits per heavy atom. The highest BCUT2D eigenvalue weighted by Crippen LogP contribution is 2.26. The molecule has 0 rings (SSSR count). The Labute approximate surface area is 74.5 Å². The minimum atomic E-state index is -0.142. The molecule has 0 saturated carbocycles. The second-order valence-electron chi connectivity index (χ2n) is 4.00. The van der Waals surface area contributed by atoms with Gasteiger partial charge in [0.1, 0.15) is 0 Å². The van der Waals surface area contributed by atoms with Crippen LogP contribution in [0.3, 0.4) is 0 Å². The van der Waals surface area contributed by atoms with E-state index in [0.717, 1.165) is 0 Å². The number of ether oxygens (including phenoxy) is 1. The molecule has 0 aromatic heterocycles. The number of methoxy groups -OCH3 is 1. The zero-order valence-electron chi connectivity index (χ0n) is 8.60. The molecule has 0 saturated heterocycles. The van der Waals surface area contributed by atoms with Crippen molar-refractivity contribution >= 4 is 5.97 Å². The molecule has 0 fully saturated rings. The molecule has 72 valence electrons. The highest BCUT2D eigenvalue weighted by molar-refractivity contribution is 5.73. The summed E-state index contributed by atoms with van der Waals surface area (Å²) in [4.78, 5) is 11.3. The first-order valence-corrected chi connectivity index (χ1v) is 4.16. The third kappa shape index (κ3) is 3.22. The molecule has 1 N–H and O–H groups in total. The first-order chi connectivity index (χ1) is 5.43. The third-order valence-electron chi connectivity index (χ3n) is 1.94. The van der Waals surface area contributed by atoms with Gasteiger partial charge in [0.15, 0.2) is 0 Å².